The molecule has 0 unspecified atom stereocenters. The average molecular weight is 365 g/mol. The maximum atomic E-state index is 12.9. The highest BCUT2D eigenvalue weighted by molar-refractivity contribution is 6.05. The molecular weight excluding hydrogens is 342 g/mol. The fourth-order valence-corrected chi connectivity index (χ4v) is 2.81. The van der Waals surface area contributed by atoms with Gasteiger partial charge in [-0.25, -0.2) is 9.97 Å². The molecule has 7 nitrogen and oxygen atoms in total. The minimum Gasteiger partial charge on any atom is -0.492 e. The van der Waals surface area contributed by atoms with Crippen LogP contribution in [0.4, 0.5) is 0 Å². The maximum Gasteiger partial charge on any atom is 0.257 e. The van der Waals surface area contributed by atoms with Gasteiger partial charge in [-0.1, -0.05) is 18.2 Å². The fraction of sp³-hybridized carbons (Fsp3) is 0.250. The molecule has 3 rings (SSSR count). The minimum absolute atomic E-state index is 0.241. The second kappa shape index (κ2) is 8.35. The van der Waals surface area contributed by atoms with E-state index < -0.39 is 0 Å². The van der Waals surface area contributed by atoms with Gasteiger partial charge >= 0.3 is 0 Å². The van der Waals surface area contributed by atoms with Crippen molar-refractivity contribution >= 4 is 22.6 Å². The van der Waals surface area contributed by atoms with Crippen molar-refractivity contribution in [3.8, 4) is 0 Å². The van der Waals surface area contributed by atoms with Crippen LogP contribution in [0.2, 0.25) is 0 Å². The Labute approximate surface area is 157 Å². The molecule has 0 spiro atoms. The molecule has 0 atom stereocenters. The van der Waals surface area contributed by atoms with Gasteiger partial charge in [-0.2, -0.15) is 0 Å². The van der Waals surface area contributed by atoms with Crippen molar-refractivity contribution in [1.82, 2.24) is 25.6 Å². The summed E-state index contributed by atoms with van der Waals surface area (Å²) < 4.78 is 5.59. The molecule has 1 aliphatic heterocycles. The van der Waals surface area contributed by atoms with Crippen LogP contribution >= 0.6 is 0 Å². The van der Waals surface area contributed by atoms with E-state index in [4.69, 9.17) is 4.74 Å². The number of imidazole rings is 1. The number of rotatable bonds is 6. The second-order valence-electron chi connectivity index (χ2n) is 5.83. The van der Waals surface area contributed by atoms with Crippen molar-refractivity contribution in [1.29, 1.82) is 0 Å². The zero-order chi connectivity index (χ0) is 19.2. The van der Waals surface area contributed by atoms with E-state index in [1.165, 1.54) is 0 Å². The molecule has 140 valence electrons. The van der Waals surface area contributed by atoms with Crippen LogP contribution in [0.3, 0.4) is 0 Å². The van der Waals surface area contributed by atoms with Gasteiger partial charge in [0.2, 0.25) is 0 Å². The Hall–Kier alpha value is -3.35. The van der Waals surface area contributed by atoms with Crippen molar-refractivity contribution < 1.29 is 9.53 Å². The number of hydrogen-bond acceptors (Lipinski definition) is 5. The Morgan fingerprint density at radius 1 is 1.41 bits per heavy atom. The lowest BCUT2D eigenvalue weighted by Crippen LogP contribution is -2.31. The fourth-order valence-electron chi connectivity index (χ4n) is 2.81. The summed E-state index contributed by atoms with van der Waals surface area (Å²) in [5, 5.41) is 6.01. The summed E-state index contributed by atoms with van der Waals surface area (Å²) in [6, 6.07) is 1.68. The maximum absolute atomic E-state index is 12.9. The third kappa shape index (κ3) is 3.92. The Morgan fingerprint density at radius 2 is 2.26 bits per heavy atom. The first kappa shape index (κ1) is 18.4. The number of aromatic nitrogens is 3. The molecule has 0 saturated heterocycles. The first-order valence-electron chi connectivity index (χ1n) is 8.89. The van der Waals surface area contributed by atoms with Crippen molar-refractivity contribution in [3.63, 3.8) is 0 Å². The van der Waals surface area contributed by atoms with E-state index >= 15 is 0 Å². The Bertz CT molecular complexity index is 966. The van der Waals surface area contributed by atoms with Gasteiger partial charge in [-0.05, 0) is 32.9 Å². The smallest absolute Gasteiger partial charge is 0.257 e. The van der Waals surface area contributed by atoms with Gasteiger partial charge in [0.05, 0.1) is 29.9 Å². The van der Waals surface area contributed by atoms with Gasteiger partial charge in [0.15, 0.2) is 5.65 Å². The van der Waals surface area contributed by atoms with Crippen molar-refractivity contribution in [2.24, 2.45) is 0 Å². The van der Waals surface area contributed by atoms with E-state index in [0.29, 0.717) is 47.2 Å². The number of hydrogen-bond donors (Lipinski definition) is 3. The number of aromatic amines is 1. The number of pyridine rings is 1. The number of dihydropyridines is 1. The first-order valence-corrected chi connectivity index (χ1v) is 8.89. The number of allylic oxidation sites excluding steroid dienone is 5. The van der Waals surface area contributed by atoms with E-state index in [-0.39, 0.29) is 5.91 Å². The Balaban J connectivity index is 1.95. The number of nitrogens with zero attached hydrogens (tertiary/aromatic N) is 2. The van der Waals surface area contributed by atoms with Crippen LogP contribution in [0.1, 0.15) is 37.0 Å². The van der Waals surface area contributed by atoms with Gasteiger partial charge in [0, 0.05) is 18.0 Å². The molecule has 0 bridgehead atoms. The minimum atomic E-state index is -0.241. The van der Waals surface area contributed by atoms with E-state index in [2.05, 4.69) is 25.6 Å². The summed E-state index contributed by atoms with van der Waals surface area (Å²) in [4.78, 5) is 24.9. The van der Waals surface area contributed by atoms with Gasteiger partial charge in [-0.15, -0.1) is 0 Å². The van der Waals surface area contributed by atoms with Crippen molar-refractivity contribution in [2.45, 2.75) is 20.8 Å². The molecule has 3 heterocycles. The van der Waals surface area contributed by atoms with E-state index in [9.17, 15) is 4.79 Å². The number of amides is 1. The molecule has 2 aromatic rings. The highest BCUT2D eigenvalue weighted by Gasteiger charge is 2.18. The largest absolute Gasteiger partial charge is 0.492 e. The van der Waals surface area contributed by atoms with Crippen molar-refractivity contribution in [3.05, 3.63) is 65.6 Å². The van der Waals surface area contributed by atoms with E-state index in [1.807, 2.05) is 39.0 Å². The van der Waals surface area contributed by atoms with Gasteiger partial charge < -0.3 is 20.4 Å². The molecule has 0 aromatic carbocycles. The summed E-state index contributed by atoms with van der Waals surface area (Å²) in [6.07, 6.45) is 11.0. The monoisotopic (exact) mass is 365 g/mol. The SMILES string of the molecule is C/C=C\C(=C/C)c1nc2nccc(C(=O)NC3=C(OCC)C=CNC3)c2[nH]1. The van der Waals surface area contributed by atoms with Crippen LogP contribution in [-0.2, 0) is 4.74 Å². The van der Waals surface area contributed by atoms with E-state index in [1.54, 1.807) is 24.5 Å². The molecule has 0 saturated carbocycles. The van der Waals surface area contributed by atoms with Gasteiger partial charge in [-0.3, -0.25) is 4.79 Å². The summed E-state index contributed by atoms with van der Waals surface area (Å²) in [5.74, 6) is 1.09. The highest BCUT2D eigenvalue weighted by atomic mass is 16.5. The number of carbonyl (C=O) groups excluding carboxylic acids is 1. The number of H-pyrrole nitrogens is 1. The molecule has 0 radical (unpaired) electrons. The molecule has 27 heavy (non-hydrogen) atoms. The summed E-state index contributed by atoms with van der Waals surface area (Å²) in [7, 11) is 0. The zero-order valence-electron chi connectivity index (χ0n) is 15.7. The molecule has 2 aromatic heterocycles. The van der Waals surface area contributed by atoms with Crippen LogP contribution in [0.15, 0.2) is 54.2 Å². The van der Waals surface area contributed by atoms with Crippen LogP contribution < -0.4 is 10.6 Å². The number of carbonyl (C=O) groups is 1. The summed E-state index contributed by atoms with van der Waals surface area (Å²) in [6.45, 7) is 6.81. The molecule has 3 N–H and O–H groups in total. The quantitative estimate of drug-likeness (QED) is 0.685. The molecule has 0 aliphatic carbocycles. The predicted octanol–water partition coefficient (Wildman–Crippen LogP) is 3.03. The third-order valence-corrected chi connectivity index (χ3v) is 4.06. The van der Waals surface area contributed by atoms with Crippen LogP contribution in [-0.4, -0.2) is 34.0 Å². The predicted molar refractivity (Wildman–Crippen MR) is 106 cm³/mol. The van der Waals surface area contributed by atoms with Crippen LogP contribution in [0, 0.1) is 0 Å². The van der Waals surface area contributed by atoms with Crippen molar-refractivity contribution in [2.75, 3.05) is 13.2 Å². The standard InChI is InChI=1S/C20H23N5O2/c1-4-7-13(5-2)18-24-17-14(8-11-22-19(17)25-18)20(26)23-15-12-21-10-9-16(15)27-6-3/h4-5,7-11,21H,6,12H2,1-3H3,(H,23,26)(H,22,24,25)/b7-4-,13-5+. The average Bonchev–Trinajstić information content (AvgIpc) is 3.11. The normalized spacial score (nSPS) is 14.7. The molecule has 0 fully saturated rings. The summed E-state index contributed by atoms with van der Waals surface area (Å²) in [5.41, 5.74) is 3.21. The van der Waals surface area contributed by atoms with E-state index in [0.717, 1.165) is 5.57 Å². The molecule has 7 heteroatoms. The van der Waals surface area contributed by atoms with Gasteiger partial charge in [0.1, 0.15) is 11.6 Å². The number of fused-ring (bicyclic) bond motifs is 1. The zero-order valence-corrected chi connectivity index (χ0v) is 15.7. The number of nitrogens with one attached hydrogen (secondary N) is 3. The molecular formula is C20H23N5O2. The van der Waals surface area contributed by atoms with Crippen LogP contribution in [0.25, 0.3) is 16.7 Å². The third-order valence-electron chi connectivity index (χ3n) is 4.06. The second-order valence-corrected chi connectivity index (χ2v) is 5.83. The topological polar surface area (TPSA) is 91.9 Å². The Morgan fingerprint density at radius 3 is 3.00 bits per heavy atom. The Kier molecular flexibility index (Phi) is 5.71. The number of ether oxygens (including phenoxy) is 1. The first-order chi connectivity index (χ1) is 13.2. The lowest BCUT2D eigenvalue weighted by atomic mass is 10.2. The van der Waals surface area contributed by atoms with Gasteiger partial charge in [0.25, 0.3) is 5.91 Å². The molecule has 1 aliphatic rings. The highest BCUT2D eigenvalue weighted by Crippen LogP contribution is 2.20. The summed E-state index contributed by atoms with van der Waals surface area (Å²) >= 11 is 0. The lowest BCUT2D eigenvalue weighted by Gasteiger charge is -2.18. The van der Waals surface area contributed by atoms with Crippen LogP contribution in [0.5, 0.6) is 0 Å². The lowest BCUT2D eigenvalue weighted by molar-refractivity contribution is 0.0962. The molecule has 1 amide bonds.